The van der Waals surface area contributed by atoms with Gasteiger partial charge < -0.3 is 14.3 Å². The first-order valence-electron chi connectivity index (χ1n) is 8.62. The van der Waals surface area contributed by atoms with Gasteiger partial charge >= 0.3 is 0 Å². The fraction of sp³-hybridized carbons (Fsp3) is 0.625. The average molecular weight is 329 g/mol. The third-order valence-electron chi connectivity index (χ3n) is 4.65. The first-order valence-corrected chi connectivity index (χ1v) is 8.62. The SMILES string of the molecule is Cc1nc(CN2CCN(c3ccnc(N4CCCC4)n3)CC2)no1. The van der Waals surface area contributed by atoms with Gasteiger partial charge in [0.2, 0.25) is 11.8 Å². The molecule has 2 saturated heterocycles. The van der Waals surface area contributed by atoms with Crippen LogP contribution in [0.3, 0.4) is 0 Å². The van der Waals surface area contributed by atoms with Gasteiger partial charge in [0.05, 0.1) is 6.54 Å². The van der Waals surface area contributed by atoms with Gasteiger partial charge in [0.15, 0.2) is 5.82 Å². The summed E-state index contributed by atoms with van der Waals surface area (Å²) in [6.45, 7) is 8.55. The number of aryl methyl sites for hydroxylation is 1. The van der Waals surface area contributed by atoms with E-state index in [-0.39, 0.29) is 0 Å². The molecule has 128 valence electrons. The lowest BCUT2D eigenvalue weighted by molar-refractivity contribution is 0.239. The molecule has 0 aliphatic carbocycles. The summed E-state index contributed by atoms with van der Waals surface area (Å²) in [6, 6.07) is 2.01. The van der Waals surface area contributed by atoms with E-state index in [9.17, 15) is 0 Å². The molecule has 0 saturated carbocycles. The van der Waals surface area contributed by atoms with E-state index in [1.54, 1.807) is 0 Å². The molecule has 8 heteroatoms. The van der Waals surface area contributed by atoms with Crippen LogP contribution in [-0.2, 0) is 6.54 Å². The highest BCUT2D eigenvalue weighted by Gasteiger charge is 2.21. The van der Waals surface area contributed by atoms with Gasteiger partial charge in [-0.3, -0.25) is 4.90 Å². The molecule has 0 unspecified atom stereocenters. The van der Waals surface area contributed by atoms with Crippen molar-refractivity contribution >= 4 is 11.8 Å². The third-order valence-corrected chi connectivity index (χ3v) is 4.65. The Hall–Kier alpha value is -2.22. The fourth-order valence-corrected chi connectivity index (χ4v) is 3.33. The molecule has 2 aliphatic heterocycles. The van der Waals surface area contributed by atoms with Gasteiger partial charge in [-0.05, 0) is 18.9 Å². The Labute approximate surface area is 141 Å². The maximum Gasteiger partial charge on any atom is 0.227 e. The predicted octanol–water partition coefficient (Wildman–Crippen LogP) is 1.09. The maximum absolute atomic E-state index is 5.04. The van der Waals surface area contributed by atoms with E-state index in [4.69, 9.17) is 9.51 Å². The van der Waals surface area contributed by atoms with Crippen molar-refractivity contribution in [2.24, 2.45) is 0 Å². The summed E-state index contributed by atoms with van der Waals surface area (Å²) in [5.41, 5.74) is 0. The van der Waals surface area contributed by atoms with Crippen LogP contribution in [-0.4, -0.2) is 64.3 Å². The largest absolute Gasteiger partial charge is 0.354 e. The van der Waals surface area contributed by atoms with Crippen LogP contribution < -0.4 is 9.80 Å². The molecule has 0 atom stereocenters. The maximum atomic E-state index is 5.04. The molecule has 0 amide bonds. The van der Waals surface area contributed by atoms with Crippen molar-refractivity contribution in [3.63, 3.8) is 0 Å². The Balaban J connectivity index is 1.36. The van der Waals surface area contributed by atoms with Crippen molar-refractivity contribution in [1.29, 1.82) is 0 Å². The smallest absolute Gasteiger partial charge is 0.227 e. The minimum atomic E-state index is 0.624. The van der Waals surface area contributed by atoms with Gasteiger partial charge in [-0.25, -0.2) is 4.98 Å². The Morgan fingerprint density at radius 2 is 1.79 bits per heavy atom. The molecule has 0 N–H and O–H groups in total. The zero-order valence-corrected chi connectivity index (χ0v) is 14.1. The lowest BCUT2D eigenvalue weighted by Gasteiger charge is -2.35. The fourth-order valence-electron chi connectivity index (χ4n) is 3.33. The number of hydrogen-bond acceptors (Lipinski definition) is 8. The van der Waals surface area contributed by atoms with Crippen LogP contribution >= 0.6 is 0 Å². The molecule has 24 heavy (non-hydrogen) atoms. The van der Waals surface area contributed by atoms with E-state index >= 15 is 0 Å². The van der Waals surface area contributed by atoms with Gasteiger partial charge in [-0.2, -0.15) is 9.97 Å². The predicted molar refractivity (Wildman–Crippen MR) is 90.0 cm³/mol. The molecule has 0 radical (unpaired) electrons. The Morgan fingerprint density at radius 3 is 2.50 bits per heavy atom. The highest BCUT2D eigenvalue weighted by molar-refractivity contribution is 5.44. The monoisotopic (exact) mass is 329 g/mol. The molecule has 2 aromatic heterocycles. The lowest BCUT2D eigenvalue weighted by Crippen LogP contribution is -2.46. The third kappa shape index (κ3) is 3.33. The van der Waals surface area contributed by atoms with E-state index in [2.05, 4.69) is 29.8 Å². The first-order chi connectivity index (χ1) is 11.8. The highest BCUT2D eigenvalue weighted by atomic mass is 16.5. The standard InChI is InChI=1S/C16H23N7O/c1-13-18-14(20-24-13)12-21-8-10-22(11-9-21)15-4-5-17-16(19-15)23-6-2-3-7-23/h4-5H,2-3,6-12H2,1H3. The van der Waals surface area contributed by atoms with Gasteiger partial charge in [-0.15, -0.1) is 0 Å². The summed E-state index contributed by atoms with van der Waals surface area (Å²) >= 11 is 0. The Kier molecular flexibility index (Phi) is 4.29. The van der Waals surface area contributed by atoms with Crippen LogP contribution in [0.1, 0.15) is 24.6 Å². The molecular formula is C16H23N7O. The molecule has 8 nitrogen and oxygen atoms in total. The second-order valence-electron chi connectivity index (χ2n) is 6.40. The topological polar surface area (TPSA) is 74.4 Å². The number of aromatic nitrogens is 4. The van der Waals surface area contributed by atoms with Crippen LogP contribution in [0.25, 0.3) is 0 Å². The highest BCUT2D eigenvalue weighted by Crippen LogP contribution is 2.20. The number of rotatable bonds is 4. The number of anilines is 2. The van der Waals surface area contributed by atoms with Gasteiger partial charge in [0.1, 0.15) is 5.82 Å². The number of hydrogen-bond donors (Lipinski definition) is 0. The normalized spacial score (nSPS) is 19.2. The van der Waals surface area contributed by atoms with Crippen LogP contribution in [0.15, 0.2) is 16.8 Å². The average Bonchev–Trinajstić information content (AvgIpc) is 3.28. The van der Waals surface area contributed by atoms with Crippen molar-refractivity contribution in [3.05, 3.63) is 24.0 Å². The van der Waals surface area contributed by atoms with Crippen molar-refractivity contribution in [3.8, 4) is 0 Å². The quantitative estimate of drug-likeness (QED) is 0.825. The Bertz CT molecular complexity index is 675. The lowest BCUT2D eigenvalue weighted by atomic mass is 10.3. The second-order valence-corrected chi connectivity index (χ2v) is 6.40. The summed E-state index contributed by atoms with van der Waals surface area (Å²) in [6.07, 6.45) is 4.36. The zero-order chi connectivity index (χ0) is 16.4. The van der Waals surface area contributed by atoms with Gasteiger partial charge in [0.25, 0.3) is 0 Å². The van der Waals surface area contributed by atoms with E-state index in [1.807, 2.05) is 19.2 Å². The van der Waals surface area contributed by atoms with Crippen LogP contribution in [0.5, 0.6) is 0 Å². The van der Waals surface area contributed by atoms with Crippen molar-refractivity contribution < 1.29 is 4.52 Å². The van der Waals surface area contributed by atoms with Crippen LogP contribution in [0.4, 0.5) is 11.8 Å². The van der Waals surface area contributed by atoms with Crippen molar-refractivity contribution in [2.45, 2.75) is 26.3 Å². The Morgan fingerprint density at radius 1 is 1.00 bits per heavy atom. The minimum absolute atomic E-state index is 0.624. The van der Waals surface area contributed by atoms with Crippen molar-refractivity contribution in [1.82, 2.24) is 25.0 Å². The van der Waals surface area contributed by atoms with Crippen molar-refractivity contribution in [2.75, 3.05) is 49.1 Å². The van der Waals surface area contributed by atoms with Gasteiger partial charge in [-0.1, -0.05) is 5.16 Å². The van der Waals surface area contributed by atoms with E-state index in [1.165, 1.54) is 12.8 Å². The summed E-state index contributed by atoms with van der Waals surface area (Å²) < 4.78 is 5.04. The summed E-state index contributed by atoms with van der Waals surface area (Å²) in [5.74, 6) is 3.29. The molecule has 0 aromatic carbocycles. The van der Waals surface area contributed by atoms with E-state index in [0.717, 1.165) is 63.4 Å². The first kappa shape index (κ1) is 15.3. The summed E-state index contributed by atoms with van der Waals surface area (Å²) in [5, 5.41) is 3.98. The van der Waals surface area contributed by atoms with E-state index < -0.39 is 0 Å². The van der Waals surface area contributed by atoms with Crippen LogP contribution in [0, 0.1) is 6.92 Å². The minimum Gasteiger partial charge on any atom is -0.354 e. The summed E-state index contributed by atoms with van der Waals surface area (Å²) in [4.78, 5) is 20.5. The molecule has 0 bridgehead atoms. The molecule has 2 fully saturated rings. The molecule has 2 aliphatic rings. The van der Waals surface area contributed by atoms with E-state index in [0.29, 0.717) is 5.89 Å². The summed E-state index contributed by atoms with van der Waals surface area (Å²) in [7, 11) is 0. The molecule has 2 aromatic rings. The molecule has 4 heterocycles. The zero-order valence-electron chi connectivity index (χ0n) is 14.1. The number of piperazine rings is 1. The molecule has 0 spiro atoms. The van der Waals surface area contributed by atoms with Gasteiger partial charge in [0, 0.05) is 52.4 Å². The second kappa shape index (κ2) is 6.72. The molecule has 4 rings (SSSR count). The van der Waals surface area contributed by atoms with Crippen LogP contribution in [0.2, 0.25) is 0 Å². The molecular weight excluding hydrogens is 306 g/mol. The number of nitrogens with zero attached hydrogens (tertiary/aromatic N) is 7.